The Morgan fingerprint density at radius 1 is 1.34 bits per heavy atom. The normalized spacial score (nSPS) is 22.2. The average Bonchev–Trinajstić information content (AvgIpc) is 3.31. The first kappa shape index (κ1) is 21.8. The van der Waals surface area contributed by atoms with Gasteiger partial charge in [0.05, 0.1) is 18.5 Å². The lowest BCUT2D eigenvalue weighted by molar-refractivity contribution is 0.191. The van der Waals surface area contributed by atoms with E-state index >= 15 is 0 Å². The molecule has 10 heteroatoms. The number of nitrogens with zero attached hydrogens (tertiary/aromatic N) is 2. The molecule has 9 nitrogen and oxygen atoms in total. The number of hydrogen-bond acceptors (Lipinski definition) is 6. The monoisotopic (exact) mass is 425 g/mol. The number of carbonyl (C=O) groups is 1. The van der Waals surface area contributed by atoms with Crippen LogP contribution in [0.15, 0.2) is 23.2 Å². The highest BCUT2D eigenvalue weighted by molar-refractivity contribution is 7.90. The van der Waals surface area contributed by atoms with E-state index in [1.165, 1.54) is 4.90 Å². The van der Waals surface area contributed by atoms with Crippen LogP contribution in [0.1, 0.15) is 50.0 Å². The molecule has 2 aliphatic rings. The Balaban J connectivity index is 1.59. The molecule has 0 unspecified atom stereocenters. The number of rotatable bonds is 10. The van der Waals surface area contributed by atoms with E-state index in [0.717, 1.165) is 25.7 Å². The van der Waals surface area contributed by atoms with Crippen molar-refractivity contribution in [2.24, 2.45) is 0 Å². The summed E-state index contributed by atoms with van der Waals surface area (Å²) in [5.74, 6) is 0.638. The van der Waals surface area contributed by atoms with E-state index in [0.29, 0.717) is 30.8 Å². The fraction of sp³-hybridized carbons (Fsp3) is 0.684. The minimum Gasteiger partial charge on any atom is -0.361 e. The van der Waals surface area contributed by atoms with Gasteiger partial charge in [-0.25, -0.2) is 13.2 Å². The summed E-state index contributed by atoms with van der Waals surface area (Å²) >= 11 is 0. The van der Waals surface area contributed by atoms with Crippen LogP contribution in [0.25, 0.3) is 0 Å². The minimum atomic E-state index is -3.47. The molecule has 2 aliphatic carbocycles. The molecular weight excluding hydrogens is 394 g/mol. The second kappa shape index (κ2) is 9.73. The molecule has 0 saturated heterocycles. The Morgan fingerprint density at radius 3 is 2.76 bits per heavy atom. The van der Waals surface area contributed by atoms with Gasteiger partial charge in [0.2, 0.25) is 10.0 Å². The van der Waals surface area contributed by atoms with Crippen molar-refractivity contribution >= 4 is 16.1 Å². The Bertz CT molecular complexity index is 803. The molecule has 0 spiro atoms. The van der Waals surface area contributed by atoms with Gasteiger partial charge in [-0.1, -0.05) is 30.5 Å². The van der Waals surface area contributed by atoms with Crippen molar-refractivity contribution in [3.05, 3.63) is 30.2 Å². The molecule has 1 aromatic heterocycles. The number of aryl methyl sites for hydroxylation is 1. The summed E-state index contributed by atoms with van der Waals surface area (Å²) in [6, 6.07) is 1.65. The topological polar surface area (TPSA) is 117 Å². The molecule has 3 rings (SSSR count). The second-order valence-corrected chi connectivity index (χ2v) is 9.87. The molecule has 0 bridgehead atoms. The van der Waals surface area contributed by atoms with Crippen LogP contribution < -0.4 is 15.4 Å². The molecule has 1 aromatic rings. The summed E-state index contributed by atoms with van der Waals surface area (Å²) in [6.07, 6.45) is 6.88. The highest BCUT2D eigenvalue weighted by Crippen LogP contribution is 2.23. The highest BCUT2D eigenvalue weighted by atomic mass is 32.2. The van der Waals surface area contributed by atoms with Crippen molar-refractivity contribution in [3.63, 3.8) is 0 Å². The molecule has 2 atom stereocenters. The maximum Gasteiger partial charge on any atom is 0.319 e. The standard InChI is InChI=1S/C19H31N5O4S/c1-3-9-20-17-11-18(17)22-19(25)24(12-15-10-14(2)28-23-15)13-21-29(26,27)16-7-5-4-6-8-16/h3,10,16-18,20-21H,1,4-9,11-13H2,2H3,(H,22,25)/t17-,18-/m0/s1. The van der Waals surface area contributed by atoms with Crippen molar-refractivity contribution in [2.75, 3.05) is 13.2 Å². The summed E-state index contributed by atoms with van der Waals surface area (Å²) in [7, 11) is -3.47. The Hall–Kier alpha value is -1.91. The predicted octanol–water partition coefficient (Wildman–Crippen LogP) is 1.62. The van der Waals surface area contributed by atoms with E-state index in [1.54, 1.807) is 19.1 Å². The first-order valence-corrected chi connectivity index (χ1v) is 11.7. The summed E-state index contributed by atoms with van der Waals surface area (Å²) in [6.45, 7) is 6.18. The van der Waals surface area contributed by atoms with Crippen LogP contribution in [0.2, 0.25) is 0 Å². The molecule has 29 heavy (non-hydrogen) atoms. The molecule has 0 aliphatic heterocycles. The number of aromatic nitrogens is 1. The fourth-order valence-electron chi connectivity index (χ4n) is 3.61. The smallest absolute Gasteiger partial charge is 0.319 e. The van der Waals surface area contributed by atoms with E-state index in [1.807, 2.05) is 0 Å². The van der Waals surface area contributed by atoms with Gasteiger partial charge in [0.1, 0.15) is 11.5 Å². The van der Waals surface area contributed by atoms with Gasteiger partial charge in [-0.2, -0.15) is 4.72 Å². The van der Waals surface area contributed by atoms with Crippen LogP contribution in [0.3, 0.4) is 0 Å². The van der Waals surface area contributed by atoms with Crippen LogP contribution in [0, 0.1) is 6.92 Å². The first-order chi connectivity index (χ1) is 13.9. The van der Waals surface area contributed by atoms with Gasteiger partial charge in [0.25, 0.3) is 0 Å². The Kier molecular flexibility index (Phi) is 7.31. The zero-order valence-electron chi connectivity index (χ0n) is 16.9. The van der Waals surface area contributed by atoms with Crippen LogP contribution in [0.5, 0.6) is 0 Å². The number of sulfonamides is 1. The van der Waals surface area contributed by atoms with Crippen molar-refractivity contribution in [2.45, 2.75) is 69.3 Å². The van der Waals surface area contributed by atoms with Crippen molar-refractivity contribution < 1.29 is 17.7 Å². The third-order valence-electron chi connectivity index (χ3n) is 5.39. The number of hydrogen-bond donors (Lipinski definition) is 3. The quantitative estimate of drug-likeness (QED) is 0.387. The van der Waals surface area contributed by atoms with Gasteiger partial charge < -0.3 is 20.1 Å². The molecule has 1 heterocycles. The van der Waals surface area contributed by atoms with Crippen LogP contribution >= 0.6 is 0 Å². The number of amides is 2. The van der Waals surface area contributed by atoms with Gasteiger partial charge in [-0.05, 0) is 26.2 Å². The molecule has 0 aromatic carbocycles. The lowest BCUT2D eigenvalue weighted by Crippen LogP contribution is -2.49. The number of carbonyl (C=O) groups excluding carboxylic acids is 1. The van der Waals surface area contributed by atoms with Crippen molar-refractivity contribution in [1.82, 2.24) is 25.4 Å². The van der Waals surface area contributed by atoms with E-state index in [4.69, 9.17) is 4.52 Å². The lowest BCUT2D eigenvalue weighted by Gasteiger charge is -2.26. The SMILES string of the molecule is C=CCN[C@H]1C[C@@H]1NC(=O)N(CNS(=O)(=O)C1CCCCC1)Cc1cc(C)on1. The third kappa shape index (κ3) is 6.28. The summed E-state index contributed by atoms with van der Waals surface area (Å²) in [4.78, 5) is 14.2. The minimum absolute atomic E-state index is 0.0268. The zero-order valence-corrected chi connectivity index (χ0v) is 17.7. The van der Waals surface area contributed by atoms with E-state index in [9.17, 15) is 13.2 Å². The summed E-state index contributed by atoms with van der Waals surface area (Å²) in [5, 5.41) is 9.76. The van der Waals surface area contributed by atoms with Gasteiger partial charge >= 0.3 is 6.03 Å². The van der Waals surface area contributed by atoms with E-state index in [-0.39, 0.29) is 36.6 Å². The molecule has 2 fully saturated rings. The van der Waals surface area contributed by atoms with Crippen molar-refractivity contribution in [3.8, 4) is 0 Å². The molecule has 2 amide bonds. The molecule has 162 valence electrons. The fourth-order valence-corrected chi connectivity index (χ4v) is 5.14. The predicted molar refractivity (Wildman–Crippen MR) is 110 cm³/mol. The van der Waals surface area contributed by atoms with Gasteiger partial charge in [0, 0.05) is 24.7 Å². The van der Waals surface area contributed by atoms with Gasteiger partial charge in [-0.15, -0.1) is 6.58 Å². The maximum atomic E-state index is 12.8. The summed E-state index contributed by atoms with van der Waals surface area (Å²) < 4.78 is 33.0. The molecule has 2 saturated carbocycles. The van der Waals surface area contributed by atoms with Gasteiger partial charge in [0.15, 0.2) is 0 Å². The Labute approximate surface area is 172 Å². The third-order valence-corrected chi connectivity index (χ3v) is 7.27. The van der Waals surface area contributed by atoms with E-state index in [2.05, 4.69) is 27.1 Å². The average molecular weight is 426 g/mol. The van der Waals surface area contributed by atoms with Crippen LogP contribution in [-0.4, -0.2) is 55.1 Å². The summed E-state index contributed by atoms with van der Waals surface area (Å²) in [5.41, 5.74) is 0.576. The zero-order chi connectivity index (χ0) is 20.9. The van der Waals surface area contributed by atoms with Crippen molar-refractivity contribution in [1.29, 1.82) is 0 Å². The largest absolute Gasteiger partial charge is 0.361 e. The Morgan fingerprint density at radius 2 is 2.10 bits per heavy atom. The van der Waals surface area contributed by atoms with Crippen LogP contribution in [-0.2, 0) is 16.6 Å². The van der Waals surface area contributed by atoms with Crippen LogP contribution in [0.4, 0.5) is 4.79 Å². The van der Waals surface area contributed by atoms with E-state index < -0.39 is 10.0 Å². The number of urea groups is 1. The second-order valence-electron chi connectivity index (χ2n) is 7.83. The highest BCUT2D eigenvalue weighted by Gasteiger charge is 2.38. The maximum absolute atomic E-state index is 12.8. The lowest BCUT2D eigenvalue weighted by atomic mass is 10.0. The molecule has 3 N–H and O–H groups in total. The number of nitrogens with one attached hydrogen (secondary N) is 3. The first-order valence-electron chi connectivity index (χ1n) is 10.2. The molecular formula is C19H31N5O4S. The van der Waals surface area contributed by atoms with Gasteiger partial charge in [-0.3, -0.25) is 0 Å². The molecule has 0 radical (unpaired) electrons.